The van der Waals surface area contributed by atoms with Crippen LogP contribution in [0.2, 0.25) is 0 Å². The lowest BCUT2D eigenvalue weighted by atomic mass is 9.85. The molecule has 0 fully saturated rings. The first-order chi connectivity index (χ1) is 15.0. The van der Waals surface area contributed by atoms with Gasteiger partial charge in [0.1, 0.15) is 11.7 Å². The van der Waals surface area contributed by atoms with Crippen LogP contribution in [0.5, 0.6) is 0 Å². The van der Waals surface area contributed by atoms with Gasteiger partial charge in [-0.2, -0.15) is 0 Å². The van der Waals surface area contributed by atoms with Crippen molar-refractivity contribution in [2.45, 2.75) is 12.1 Å². The lowest BCUT2D eigenvalue weighted by Crippen LogP contribution is -2.27. The number of ether oxygens (including phenoxy) is 1. The molecule has 0 spiro atoms. The molecule has 1 aliphatic rings. The zero-order valence-electron chi connectivity index (χ0n) is 16.1. The summed E-state index contributed by atoms with van der Waals surface area (Å²) in [4.78, 5) is 35.2. The van der Waals surface area contributed by atoms with Crippen LogP contribution < -0.4 is 0 Å². The van der Waals surface area contributed by atoms with Gasteiger partial charge in [0.05, 0.1) is 15.4 Å². The average Bonchev–Trinajstić information content (AvgIpc) is 3.21. The monoisotopic (exact) mass is 416 g/mol. The Morgan fingerprint density at radius 2 is 1.39 bits per heavy atom. The molecule has 2 atom stereocenters. The Kier molecular flexibility index (Phi) is 5.28. The fraction of sp³-hybridized carbons (Fsp3) is 0.0870. The number of rotatable bonds is 6. The molecule has 0 radical (unpaired) electrons. The maximum absolute atomic E-state index is 13.5. The van der Waals surface area contributed by atoms with Gasteiger partial charge >= 0.3 is 6.23 Å². The first-order valence-corrected chi connectivity index (χ1v) is 9.41. The molecule has 1 aliphatic heterocycles. The van der Waals surface area contributed by atoms with Crippen LogP contribution in [0.3, 0.4) is 0 Å². The highest BCUT2D eigenvalue weighted by Crippen LogP contribution is 2.44. The van der Waals surface area contributed by atoms with E-state index in [9.17, 15) is 25.0 Å². The van der Waals surface area contributed by atoms with Gasteiger partial charge in [-0.15, -0.1) is 0 Å². The van der Waals surface area contributed by atoms with Crippen molar-refractivity contribution >= 4 is 17.2 Å². The summed E-state index contributed by atoms with van der Waals surface area (Å²) in [5.41, 5.74) is 1.29. The van der Waals surface area contributed by atoms with Crippen LogP contribution in [-0.2, 0) is 4.74 Å². The number of non-ortho nitro benzene ring substituents is 1. The molecular weight excluding hydrogens is 400 g/mol. The van der Waals surface area contributed by atoms with Crippen molar-refractivity contribution in [1.29, 1.82) is 0 Å². The SMILES string of the molecule is O=C(C1=C(c2ccccc2)OC([N+](=O)[O-])C1c1ccc([N+](=O)[O-])cc1)c1ccccc1. The first kappa shape index (κ1) is 20.0. The van der Waals surface area contributed by atoms with Gasteiger partial charge in [0.2, 0.25) is 0 Å². The third-order valence-corrected chi connectivity index (χ3v) is 5.07. The molecule has 0 N–H and O–H groups in total. The summed E-state index contributed by atoms with van der Waals surface area (Å²) in [6.07, 6.45) is -1.54. The third-order valence-electron chi connectivity index (χ3n) is 5.07. The third kappa shape index (κ3) is 3.78. The summed E-state index contributed by atoms with van der Waals surface area (Å²) in [5, 5.41) is 22.9. The maximum Gasteiger partial charge on any atom is 0.365 e. The number of Topliss-reactive ketones (excluding diaryl/α,β-unsaturated/α-hetero) is 1. The van der Waals surface area contributed by atoms with Gasteiger partial charge in [0.15, 0.2) is 5.78 Å². The van der Waals surface area contributed by atoms with Gasteiger partial charge in [0, 0.05) is 23.3 Å². The van der Waals surface area contributed by atoms with Gasteiger partial charge in [0.25, 0.3) is 5.69 Å². The van der Waals surface area contributed by atoms with E-state index < -0.39 is 27.8 Å². The molecule has 0 bridgehead atoms. The van der Waals surface area contributed by atoms with Crippen LogP contribution >= 0.6 is 0 Å². The number of benzene rings is 3. The van der Waals surface area contributed by atoms with Crippen LogP contribution in [0, 0.1) is 20.2 Å². The fourth-order valence-electron chi connectivity index (χ4n) is 3.64. The van der Waals surface area contributed by atoms with E-state index in [1.165, 1.54) is 24.3 Å². The molecule has 0 saturated heterocycles. The molecule has 154 valence electrons. The minimum absolute atomic E-state index is 0.138. The highest BCUT2D eigenvalue weighted by molar-refractivity contribution is 6.14. The van der Waals surface area contributed by atoms with E-state index >= 15 is 0 Å². The van der Waals surface area contributed by atoms with Crippen LogP contribution in [0.25, 0.3) is 5.76 Å². The van der Waals surface area contributed by atoms with Crippen LogP contribution in [0.1, 0.15) is 27.4 Å². The minimum Gasteiger partial charge on any atom is -0.428 e. The molecule has 31 heavy (non-hydrogen) atoms. The molecule has 2 unspecified atom stereocenters. The Bertz CT molecular complexity index is 1170. The topological polar surface area (TPSA) is 113 Å². The summed E-state index contributed by atoms with van der Waals surface area (Å²) in [6.45, 7) is 0. The van der Waals surface area contributed by atoms with Crippen LogP contribution in [0.4, 0.5) is 5.69 Å². The van der Waals surface area contributed by atoms with Crippen LogP contribution in [-0.4, -0.2) is 21.9 Å². The molecular formula is C23H16N2O6. The predicted molar refractivity (Wildman–Crippen MR) is 112 cm³/mol. The van der Waals surface area contributed by atoms with Crippen LogP contribution in [0.15, 0.2) is 90.5 Å². The molecule has 0 amide bonds. The van der Waals surface area contributed by atoms with Crippen molar-refractivity contribution in [3.05, 3.63) is 127 Å². The van der Waals surface area contributed by atoms with Gasteiger partial charge < -0.3 is 4.74 Å². The largest absolute Gasteiger partial charge is 0.428 e. The molecule has 3 aromatic carbocycles. The number of carbonyl (C=O) groups excluding carboxylic acids is 1. The molecule has 3 aromatic rings. The Hall–Kier alpha value is -4.33. The summed E-state index contributed by atoms with van der Waals surface area (Å²) in [5.74, 6) is -1.29. The zero-order chi connectivity index (χ0) is 22.0. The van der Waals surface area contributed by atoms with E-state index in [0.717, 1.165) is 0 Å². The molecule has 0 saturated carbocycles. The van der Waals surface area contributed by atoms with E-state index in [4.69, 9.17) is 4.74 Å². The number of ketones is 1. The van der Waals surface area contributed by atoms with E-state index in [1.54, 1.807) is 60.7 Å². The van der Waals surface area contributed by atoms with Crippen molar-refractivity contribution in [2.24, 2.45) is 0 Å². The Labute approximate surface area is 176 Å². The standard InChI is InChI=1S/C23H16N2O6/c26-21(16-7-3-1-4-8-16)20-19(15-11-13-18(14-12-15)24(27)28)23(25(29)30)31-22(20)17-9-5-2-6-10-17/h1-14,19,23H. The molecule has 4 rings (SSSR count). The van der Waals surface area contributed by atoms with E-state index in [2.05, 4.69) is 0 Å². The number of hydrogen-bond acceptors (Lipinski definition) is 6. The maximum atomic E-state index is 13.5. The van der Waals surface area contributed by atoms with Crippen molar-refractivity contribution < 1.29 is 19.4 Å². The van der Waals surface area contributed by atoms with Gasteiger partial charge in [-0.3, -0.25) is 25.0 Å². The van der Waals surface area contributed by atoms with E-state index in [1.807, 2.05) is 0 Å². The summed E-state index contributed by atoms with van der Waals surface area (Å²) in [7, 11) is 0. The van der Waals surface area contributed by atoms with E-state index in [0.29, 0.717) is 16.7 Å². The minimum atomic E-state index is -1.54. The highest BCUT2D eigenvalue weighted by Gasteiger charge is 2.48. The Morgan fingerprint density at radius 3 is 1.94 bits per heavy atom. The smallest absolute Gasteiger partial charge is 0.365 e. The Balaban J connectivity index is 1.91. The predicted octanol–water partition coefficient (Wildman–Crippen LogP) is 4.61. The van der Waals surface area contributed by atoms with Gasteiger partial charge in [-0.1, -0.05) is 72.8 Å². The fourth-order valence-corrected chi connectivity index (χ4v) is 3.64. The van der Waals surface area contributed by atoms with E-state index in [-0.39, 0.29) is 17.0 Å². The van der Waals surface area contributed by atoms with Crippen molar-refractivity contribution in [3.8, 4) is 0 Å². The lowest BCUT2D eigenvalue weighted by molar-refractivity contribution is -0.567. The summed E-state index contributed by atoms with van der Waals surface area (Å²) >= 11 is 0. The second kappa shape index (κ2) is 8.19. The lowest BCUT2D eigenvalue weighted by Gasteiger charge is -2.15. The van der Waals surface area contributed by atoms with Crippen molar-refractivity contribution in [2.75, 3.05) is 0 Å². The number of nitrogens with zero attached hydrogens (tertiary/aromatic N) is 2. The highest BCUT2D eigenvalue weighted by atomic mass is 16.7. The molecule has 0 aliphatic carbocycles. The number of hydrogen-bond donors (Lipinski definition) is 0. The quantitative estimate of drug-likeness (QED) is 0.330. The average molecular weight is 416 g/mol. The molecule has 0 aromatic heterocycles. The summed E-state index contributed by atoms with van der Waals surface area (Å²) in [6, 6.07) is 22.5. The second-order valence-electron chi connectivity index (χ2n) is 6.92. The van der Waals surface area contributed by atoms with Gasteiger partial charge in [-0.05, 0) is 5.56 Å². The molecule has 8 heteroatoms. The Morgan fingerprint density at radius 1 is 0.806 bits per heavy atom. The normalized spacial score (nSPS) is 17.8. The zero-order valence-corrected chi connectivity index (χ0v) is 16.1. The van der Waals surface area contributed by atoms with Gasteiger partial charge in [-0.25, -0.2) is 0 Å². The number of nitro groups is 2. The number of nitro benzene ring substituents is 1. The molecule has 1 heterocycles. The first-order valence-electron chi connectivity index (χ1n) is 9.41. The van der Waals surface area contributed by atoms with Crippen molar-refractivity contribution in [3.63, 3.8) is 0 Å². The second-order valence-corrected chi connectivity index (χ2v) is 6.92. The number of carbonyl (C=O) groups is 1. The summed E-state index contributed by atoms with van der Waals surface area (Å²) < 4.78 is 5.73. The van der Waals surface area contributed by atoms with Crippen molar-refractivity contribution in [1.82, 2.24) is 0 Å². The molecule has 8 nitrogen and oxygen atoms in total.